The van der Waals surface area contributed by atoms with Crippen molar-refractivity contribution in [2.24, 2.45) is 0 Å². The second-order valence-electron chi connectivity index (χ2n) is 6.06. The molecule has 0 bridgehead atoms. The molecule has 0 spiro atoms. The lowest BCUT2D eigenvalue weighted by atomic mass is 10.1. The minimum atomic E-state index is -1.22. The smallest absolute Gasteiger partial charge is 0.338 e. The van der Waals surface area contributed by atoms with Crippen LogP contribution in [-0.4, -0.2) is 28.8 Å². The maximum Gasteiger partial charge on any atom is 0.338 e. The highest BCUT2D eigenvalue weighted by molar-refractivity contribution is 6.01. The summed E-state index contributed by atoms with van der Waals surface area (Å²) in [6.45, 7) is 1.32. The molecule has 2 amide bonds. The Morgan fingerprint density at radius 3 is 2.75 bits per heavy atom. The topological polar surface area (TPSA) is 128 Å². The van der Waals surface area contributed by atoms with Gasteiger partial charge in [-0.2, -0.15) is 4.39 Å². The number of rotatable bonds is 5. The summed E-state index contributed by atoms with van der Waals surface area (Å²) in [5.74, 6) is -2.73. The number of nitro groups is 1. The fourth-order valence-corrected chi connectivity index (χ4v) is 2.61. The molecule has 144 valence electrons. The Kier molecular flexibility index (Phi) is 5.03. The molecule has 1 atom stereocenters. The van der Waals surface area contributed by atoms with Crippen LogP contribution in [-0.2, 0) is 20.7 Å². The second-order valence-corrected chi connectivity index (χ2v) is 6.06. The zero-order chi connectivity index (χ0) is 20.4. The Hall–Kier alpha value is -3.82. The maximum atomic E-state index is 13.3. The van der Waals surface area contributed by atoms with Gasteiger partial charge >= 0.3 is 11.7 Å². The molecule has 1 heterocycles. The zero-order valence-electron chi connectivity index (χ0n) is 14.5. The molecule has 28 heavy (non-hydrogen) atoms. The van der Waals surface area contributed by atoms with Crippen LogP contribution < -0.4 is 10.6 Å². The second kappa shape index (κ2) is 7.43. The molecule has 0 radical (unpaired) electrons. The van der Waals surface area contributed by atoms with E-state index in [1.807, 2.05) is 0 Å². The summed E-state index contributed by atoms with van der Waals surface area (Å²) in [5, 5.41) is 15.7. The Balaban J connectivity index is 1.65. The summed E-state index contributed by atoms with van der Waals surface area (Å²) >= 11 is 0. The SMILES string of the molecule is C[C@@H](OC(=O)c1ccc2c(c1)CC(=O)N2)C(=O)Nc1ccc(F)c([N+](=O)[O-])c1. The van der Waals surface area contributed by atoms with Gasteiger partial charge in [-0.15, -0.1) is 0 Å². The van der Waals surface area contributed by atoms with Crippen LogP contribution in [0.5, 0.6) is 0 Å². The fraction of sp³-hybridized carbons (Fsp3) is 0.167. The van der Waals surface area contributed by atoms with Gasteiger partial charge in [-0.05, 0) is 42.8 Å². The molecular formula is C18H14FN3O6. The average Bonchev–Trinajstić information content (AvgIpc) is 3.01. The molecule has 3 rings (SSSR count). The summed E-state index contributed by atoms with van der Waals surface area (Å²) in [6, 6.07) is 7.40. The maximum absolute atomic E-state index is 13.3. The first-order valence-electron chi connectivity index (χ1n) is 8.13. The number of carbonyl (C=O) groups excluding carboxylic acids is 3. The van der Waals surface area contributed by atoms with Crippen LogP contribution in [0.3, 0.4) is 0 Å². The van der Waals surface area contributed by atoms with E-state index in [1.165, 1.54) is 19.1 Å². The van der Waals surface area contributed by atoms with E-state index in [9.17, 15) is 28.9 Å². The third-order valence-electron chi connectivity index (χ3n) is 4.03. The number of nitrogens with zero attached hydrogens (tertiary/aromatic N) is 1. The lowest BCUT2D eigenvalue weighted by Gasteiger charge is -2.14. The van der Waals surface area contributed by atoms with E-state index < -0.39 is 34.4 Å². The number of amides is 2. The van der Waals surface area contributed by atoms with Crippen LogP contribution in [0.2, 0.25) is 0 Å². The molecule has 2 N–H and O–H groups in total. The van der Waals surface area contributed by atoms with E-state index >= 15 is 0 Å². The highest BCUT2D eigenvalue weighted by Crippen LogP contribution is 2.25. The van der Waals surface area contributed by atoms with Crippen molar-refractivity contribution in [2.45, 2.75) is 19.4 Å². The molecule has 0 saturated heterocycles. The van der Waals surface area contributed by atoms with Gasteiger partial charge in [-0.3, -0.25) is 19.7 Å². The van der Waals surface area contributed by atoms with Crippen LogP contribution in [0.1, 0.15) is 22.8 Å². The van der Waals surface area contributed by atoms with Crippen molar-refractivity contribution in [3.05, 3.63) is 63.5 Å². The molecule has 2 aromatic carbocycles. The van der Waals surface area contributed by atoms with Crippen LogP contribution in [0, 0.1) is 15.9 Å². The molecule has 0 unspecified atom stereocenters. The normalized spacial score (nSPS) is 13.3. The quantitative estimate of drug-likeness (QED) is 0.461. The van der Waals surface area contributed by atoms with Gasteiger partial charge in [0.1, 0.15) is 0 Å². The highest BCUT2D eigenvalue weighted by Gasteiger charge is 2.23. The summed E-state index contributed by atoms with van der Waals surface area (Å²) in [7, 11) is 0. The number of nitro benzene ring substituents is 1. The lowest BCUT2D eigenvalue weighted by Crippen LogP contribution is -2.30. The minimum absolute atomic E-state index is 0.0110. The van der Waals surface area contributed by atoms with Gasteiger partial charge in [0.05, 0.1) is 16.9 Å². The number of halogens is 1. The zero-order valence-corrected chi connectivity index (χ0v) is 14.5. The van der Waals surface area contributed by atoms with E-state index in [1.54, 1.807) is 6.07 Å². The molecular weight excluding hydrogens is 373 g/mol. The third-order valence-corrected chi connectivity index (χ3v) is 4.03. The number of anilines is 2. The predicted molar refractivity (Wildman–Crippen MR) is 95.3 cm³/mol. The van der Waals surface area contributed by atoms with Gasteiger partial charge in [0.15, 0.2) is 6.10 Å². The van der Waals surface area contributed by atoms with Crippen molar-refractivity contribution >= 4 is 34.8 Å². The summed E-state index contributed by atoms with van der Waals surface area (Å²) in [6.07, 6.45) is -1.07. The summed E-state index contributed by atoms with van der Waals surface area (Å²) < 4.78 is 18.4. The van der Waals surface area contributed by atoms with E-state index in [0.717, 1.165) is 18.2 Å². The lowest BCUT2D eigenvalue weighted by molar-refractivity contribution is -0.387. The molecule has 10 heteroatoms. The van der Waals surface area contributed by atoms with E-state index in [2.05, 4.69) is 10.6 Å². The first-order chi connectivity index (χ1) is 13.2. The molecule has 0 saturated carbocycles. The summed E-state index contributed by atoms with van der Waals surface area (Å²) in [5.41, 5.74) is 0.639. The van der Waals surface area contributed by atoms with Gasteiger partial charge in [0, 0.05) is 17.4 Å². The van der Waals surface area contributed by atoms with Crippen LogP contribution in [0.15, 0.2) is 36.4 Å². The standard InChI is InChI=1S/C18H14FN3O6/c1-9(17(24)20-12-3-4-13(19)15(8-12)22(26)27)28-18(25)10-2-5-14-11(6-10)7-16(23)21-14/h2-6,8-9H,7H2,1H3,(H,20,24)(H,21,23)/t9-/m1/s1. The van der Waals surface area contributed by atoms with Gasteiger partial charge in [-0.25, -0.2) is 4.79 Å². The Morgan fingerprint density at radius 2 is 2.04 bits per heavy atom. The number of hydrogen-bond acceptors (Lipinski definition) is 6. The van der Waals surface area contributed by atoms with Gasteiger partial charge < -0.3 is 15.4 Å². The Bertz CT molecular complexity index is 1010. The van der Waals surface area contributed by atoms with Crippen LogP contribution in [0.4, 0.5) is 21.5 Å². The average molecular weight is 387 g/mol. The van der Waals surface area contributed by atoms with E-state index in [4.69, 9.17) is 4.74 Å². The number of fused-ring (bicyclic) bond motifs is 1. The molecule has 0 fully saturated rings. The van der Waals surface area contributed by atoms with Gasteiger partial charge in [0.2, 0.25) is 11.7 Å². The van der Waals surface area contributed by atoms with Crippen molar-refractivity contribution in [1.82, 2.24) is 0 Å². The van der Waals surface area contributed by atoms with Gasteiger partial charge in [-0.1, -0.05) is 0 Å². The van der Waals surface area contributed by atoms with Crippen molar-refractivity contribution in [3.8, 4) is 0 Å². The highest BCUT2D eigenvalue weighted by atomic mass is 19.1. The van der Waals surface area contributed by atoms with Gasteiger partial charge in [0.25, 0.3) is 5.91 Å². The largest absolute Gasteiger partial charge is 0.449 e. The van der Waals surface area contributed by atoms with Crippen LogP contribution in [0.25, 0.3) is 0 Å². The van der Waals surface area contributed by atoms with E-state index in [-0.39, 0.29) is 23.6 Å². The molecule has 9 nitrogen and oxygen atoms in total. The molecule has 2 aromatic rings. The number of nitrogens with one attached hydrogen (secondary N) is 2. The number of ether oxygens (including phenoxy) is 1. The monoisotopic (exact) mass is 387 g/mol. The third kappa shape index (κ3) is 3.95. The molecule has 1 aliphatic rings. The fourth-order valence-electron chi connectivity index (χ4n) is 2.61. The number of carbonyl (C=O) groups is 3. The first-order valence-corrected chi connectivity index (χ1v) is 8.13. The first kappa shape index (κ1) is 19.0. The Labute approximate surface area is 157 Å². The predicted octanol–water partition coefficient (Wildman–Crippen LogP) is 2.41. The van der Waals surface area contributed by atoms with Crippen molar-refractivity contribution < 1.29 is 28.4 Å². The molecule has 1 aliphatic heterocycles. The number of hydrogen-bond donors (Lipinski definition) is 2. The Morgan fingerprint density at radius 1 is 1.29 bits per heavy atom. The van der Waals surface area contributed by atoms with E-state index in [0.29, 0.717) is 11.3 Å². The number of esters is 1. The molecule has 0 aliphatic carbocycles. The van der Waals surface area contributed by atoms with Crippen molar-refractivity contribution in [2.75, 3.05) is 10.6 Å². The van der Waals surface area contributed by atoms with Crippen LogP contribution >= 0.6 is 0 Å². The van der Waals surface area contributed by atoms with Crippen molar-refractivity contribution in [3.63, 3.8) is 0 Å². The van der Waals surface area contributed by atoms with Crippen molar-refractivity contribution in [1.29, 1.82) is 0 Å². The number of benzene rings is 2. The molecule has 0 aromatic heterocycles. The summed E-state index contributed by atoms with van der Waals surface area (Å²) in [4.78, 5) is 45.6. The minimum Gasteiger partial charge on any atom is -0.449 e.